The van der Waals surface area contributed by atoms with Gasteiger partial charge in [-0.1, -0.05) is 12.8 Å². The first-order chi connectivity index (χ1) is 14.5. The topological polar surface area (TPSA) is 135 Å². The highest BCUT2D eigenvalue weighted by Gasteiger charge is 2.24. The number of aromatic nitrogens is 3. The number of carbonyl (C=O) groups excluding carboxylic acids is 1. The summed E-state index contributed by atoms with van der Waals surface area (Å²) in [6.07, 6.45) is 7.24. The number of pyridine rings is 2. The lowest BCUT2D eigenvalue weighted by molar-refractivity contribution is 0.100. The Morgan fingerprint density at radius 1 is 1.20 bits per heavy atom. The van der Waals surface area contributed by atoms with Gasteiger partial charge in [0.1, 0.15) is 5.82 Å². The second kappa shape index (κ2) is 8.50. The second-order valence-electron chi connectivity index (χ2n) is 7.42. The lowest BCUT2D eigenvalue weighted by atomic mass is 9.91. The van der Waals surface area contributed by atoms with Crippen molar-refractivity contribution < 1.29 is 9.18 Å². The van der Waals surface area contributed by atoms with Gasteiger partial charge in [0.2, 0.25) is 0 Å². The third kappa shape index (κ3) is 4.25. The number of carbonyl (C=O) groups is 1. The van der Waals surface area contributed by atoms with Crippen molar-refractivity contribution in [2.75, 3.05) is 10.6 Å². The largest absolute Gasteiger partial charge is 0.365 e. The lowest BCUT2D eigenvalue weighted by Gasteiger charge is -2.30. The summed E-state index contributed by atoms with van der Waals surface area (Å²) in [6.45, 7) is 0. The van der Waals surface area contributed by atoms with Crippen LogP contribution in [0.3, 0.4) is 0 Å². The molecule has 3 aromatic heterocycles. The molecular formula is C21H24FN7O. The van der Waals surface area contributed by atoms with E-state index in [1.807, 2.05) is 12.1 Å². The molecule has 2 atom stereocenters. The van der Waals surface area contributed by atoms with Crippen molar-refractivity contribution in [3.63, 3.8) is 0 Å². The summed E-state index contributed by atoms with van der Waals surface area (Å²) in [5.74, 6) is -1.21. The molecule has 30 heavy (non-hydrogen) atoms. The first kappa shape index (κ1) is 19.8. The van der Waals surface area contributed by atoms with Crippen molar-refractivity contribution in [3.05, 3.63) is 54.1 Å². The van der Waals surface area contributed by atoms with E-state index in [9.17, 15) is 9.18 Å². The van der Waals surface area contributed by atoms with Crippen LogP contribution in [0.4, 0.5) is 21.7 Å². The van der Waals surface area contributed by atoms with E-state index in [2.05, 4.69) is 25.6 Å². The molecule has 0 saturated heterocycles. The van der Waals surface area contributed by atoms with Crippen molar-refractivity contribution >= 4 is 23.2 Å². The minimum absolute atomic E-state index is 0.0378. The van der Waals surface area contributed by atoms with Crippen LogP contribution in [0.5, 0.6) is 0 Å². The minimum Gasteiger partial charge on any atom is -0.365 e. The van der Waals surface area contributed by atoms with Crippen LogP contribution >= 0.6 is 0 Å². The van der Waals surface area contributed by atoms with Crippen LogP contribution in [0.15, 0.2) is 42.7 Å². The molecule has 1 amide bonds. The van der Waals surface area contributed by atoms with E-state index in [0.29, 0.717) is 11.4 Å². The molecule has 1 fully saturated rings. The van der Waals surface area contributed by atoms with E-state index >= 15 is 0 Å². The number of amides is 1. The summed E-state index contributed by atoms with van der Waals surface area (Å²) >= 11 is 0. The number of H-pyrrole nitrogens is 1. The molecule has 7 N–H and O–H groups in total. The van der Waals surface area contributed by atoms with E-state index in [1.54, 1.807) is 24.5 Å². The van der Waals surface area contributed by atoms with E-state index < -0.39 is 11.7 Å². The maximum absolute atomic E-state index is 14.6. The molecule has 0 spiro atoms. The lowest BCUT2D eigenvalue weighted by Crippen LogP contribution is -2.43. The maximum Gasteiger partial charge on any atom is 0.252 e. The molecule has 0 aromatic carbocycles. The predicted octanol–water partition coefficient (Wildman–Crippen LogP) is 3.14. The molecule has 8 nitrogen and oxygen atoms in total. The summed E-state index contributed by atoms with van der Waals surface area (Å²) in [7, 11) is 0. The summed E-state index contributed by atoms with van der Waals surface area (Å²) in [5, 5.41) is 6.17. The molecule has 1 aliphatic carbocycles. The Balaban J connectivity index is 1.64. The Labute approximate surface area is 173 Å². The number of anilines is 3. The van der Waals surface area contributed by atoms with Crippen LogP contribution in [-0.4, -0.2) is 32.9 Å². The summed E-state index contributed by atoms with van der Waals surface area (Å²) in [4.78, 5) is 23.6. The number of nitrogens with two attached hydrogens (primary N) is 2. The molecule has 0 aliphatic heterocycles. The van der Waals surface area contributed by atoms with Crippen molar-refractivity contribution in [2.24, 2.45) is 11.5 Å². The minimum atomic E-state index is -0.775. The van der Waals surface area contributed by atoms with Crippen LogP contribution in [0.1, 0.15) is 36.0 Å². The fourth-order valence-corrected chi connectivity index (χ4v) is 3.67. The first-order valence-corrected chi connectivity index (χ1v) is 9.90. The predicted molar refractivity (Wildman–Crippen MR) is 114 cm³/mol. The molecular weight excluding hydrogens is 385 g/mol. The van der Waals surface area contributed by atoms with E-state index in [1.165, 1.54) is 0 Å². The highest BCUT2D eigenvalue weighted by molar-refractivity contribution is 5.98. The monoisotopic (exact) mass is 409 g/mol. The van der Waals surface area contributed by atoms with Crippen molar-refractivity contribution in [3.8, 4) is 11.4 Å². The van der Waals surface area contributed by atoms with Gasteiger partial charge in [-0.2, -0.15) is 0 Å². The third-order valence-corrected chi connectivity index (χ3v) is 5.28. The van der Waals surface area contributed by atoms with Gasteiger partial charge in [0.05, 0.1) is 17.0 Å². The third-order valence-electron chi connectivity index (χ3n) is 5.28. The Kier molecular flexibility index (Phi) is 5.62. The fourth-order valence-electron chi connectivity index (χ4n) is 3.67. The molecule has 4 rings (SSSR count). The Hall–Kier alpha value is -3.46. The number of halogens is 1. The highest BCUT2D eigenvalue weighted by Crippen LogP contribution is 2.27. The van der Waals surface area contributed by atoms with Gasteiger partial charge in [0.25, 0.3) is 5.91 Å². The van der Waals surface area contributed by atoms with Gasteiger partial charge in [-0.15, -0.1) is 0 Å². The Morgan fingerprint density at radius 2 is 2.03 bits per heavy atom. The van der Waals surface area contributed by atoms with E-state index in [0.717, 1.165) is 37.4 Å². The van der Waals surface area contributed by atoms with Gasteiger partial charge >= 0.3 is 0 Å². The number of nitrogens with zero attached hydrogens (tertiary/aromatic N) is 2. The number of aromatic amines is 1. The normalized spacial score (nSPS) is 18.7. The molecule has 1 saturated carbocycles. The zero-order chi connectivity index (χ0) is 21.1. The molecule has 3 aromatic rings. The average molecular weight is 409 g/mol. The van der Waals surface area contributed by atoms with Gasteiger partial charge < -0.3 is 27.1 Å². The SMILES string of the molecule is NC(=O)c1cc(F)c(N[C@@H]2CCCC[C@@H]2N)nc1Nc1ccnc(-c2ccc[nH]2)c1. The van der Waals surface area contributed by atoms with Crippen LogP contribution in [0.2, 0.25) is 0 Å². The molecule has 0 radical (unpaired) electrons. The van der Waals surface area contributed by atoms with Gasteiger partial charge in [-0.05, 0) is 43.2 Å². The van der Waals surface area contributed by atoms with Crippen molar-refractivity contribution in [1.82, 2.24) is 15.0 Å². The summed E-state index contributed by atoms with van der Waals surface area (Å²) in [5.41, 5.74) is 13.8. The quantitative estimate of drug-likeness (QED) is 0.424. The number of primary amides is 1. The number of hydrogen-bond donors (Lipinski definition) is 5. The summed E-state index contributed by atoms with van der Waals surface area (Å²) < 4.78 is 14.6. The highest BCUT2D eigenvalue weighted by atomic mass is 19.1. The first-order valence-electron chi connectivity index (χ1n) is 9.90. The molecule has 0 unspecified atom stereocenters. The van der Waals surface area contributed by atoms with E-state index in [-0.39, 0.29) is 29.3 Å². The van der Waals surface area contributed by atoms with E-state index in [4.69, 9.17) is 11.5 Å². The van der Waals surface area contributed by atoms with Gasteiger partial charge in [-0.25, -0.2) is 9.37 Å². The molecule has 156 valence electrons. The number of hydrogen-bond acceptors (Lipinski definition) is 6. The standard InChI is InChI=1S/C21H24FN7O/c22-14-11-13(19(24)30)20(29-21(14)28-16-5-2-1-4-15(16)23)27-12-7-9-26-18(10-12)17-6-3-8-25-17/h3,6-11,15-16,25H,1-2,4-5,23H2,(H2,24,30)(H2,26,27,28,29)/t15-,16+/m0/s1. The van der Waals surface area contributed by atoms with Crippen LogP contribution < -0.4 is 22.1 Å². The van der Waals surface area contributed by atoms with Crippen molar-refractivity contribution in [2.45, 2.75) is 37.8 Å². The zero-order valence-electron chi connectivity index (χ0n) is 16.4. The second-order valence-corrected chi connectivity index (χ2v) is 7.42. The average Bonchev–Trinajstić information content (AvgIpc) is 3.27. The van der Waals surface area contributed by atoms with Crippen LogP contribution in [0.25, 0.3) is 11.4 Å². The van der Waals surface area contributed by atoms with Gasteiger partial charge in [0.15, 0.2) is 11.6 Å². The zero-order valence-corrected chi connectivity index (χ0v) is 16.4. The smallest absolute Gasteiger partial charge is 0.252 e. The number of rotatable bonds is 6. The summed E-state index contributed by atoms with van der Waals surface area (Å²) in [6, 6.07) is 8.24. The molecule has 3 heterocycles. The fraction of sp³-hybridized carbons (Fsp3) is 0.286. The molecule has 0 bridgehead atoms. The van der Waals surface area contributed by atoms with Crippen molar-refractivity contribution in [1.29, 1.82) is 0 Å². The Morgan fingerprint density at radius 3 is 2.77 bits per heavy atom. The maximum atomic E-state index is 14.6. The molecule has 1 aliphatic rings. The molecule has 9 heteroatoms. The van der Waals surface area contributed by atoms with Gasteiger partial charge in [0, 0.05) is 30.2 Å². The number of nitrogens with one attached hydrogen (secondary N) is 3. The van der Waals surface area contributed by atoms with Crippen LogP contribution in [-0.2, 0) is 0 Å². The van der Waals surface area contributed by atoms with Crippen LogP contribution in [0, 0.1) is 5.82 Å². The Bertz CT molecular complexity index is 1040. The van der Waals surface area contributed by atoms with Gasteiger partial charge in [-0.3, -0.25) is 9.78 Å².